The molecule has 30 heavy (non-hydrogen) atoms. The van der Waals surface area contributed by atoms with Crippen LogP contribution in [0.4, 0.5) is 11.4 Å². The Morgan fingerprint density at radius 3 is 2.37 bits per heavy atom. The van der Waals surface area contributed by atoms with Crippen molar-refractivity contribution in [3.05, 3.63) is 53.6 Å². The van der Waals surface area contributed by atoms with Gasteiger partial charge >= 0.3 is 0 Å². The second-order valence-corrected chi connectivity index (χ2v) is 8.97. The van der Waals surface area contributed by atoms with Crippen molar-refractivity contribution >= 4 is 33.1 Å². The molecule has 8 nitrogen and oxygen atoms in total. The fourth-order valence-electron chi connectivity index (χ4n) is 3.03. The Morgan fingerprint density at radius 1 is 1.07 bits per heavy atom. The van der Waals surface area contributed by atoms with Gasteiger partial charge in [-0.2, -0.15) is 4.31 Å². The molecule has 0 radical (unpaired) electrons. The molecule has 1 heterocycles. The topological polar surface area (TPSA) is 105 Å². The van der Waals surface area contributed by atoms with E-state index in [0.717, 1.165) is 5.56 Å². The molecule has 2 aromatic carbocycles. The molecule has 1 amide bonds. The van der Waals surface area contributed by atoms with Crippen LogP contribution in [-0.4, -0.2) is 57.3 Å². The molecular weight excluding hydrogens is 406 g/mol. The molecule has 1 fully saturated rings. The highest BCUT2D eigenvalue weighted by Gasteiger charge is 2.26. The van der Waals surface area contributed by atoms with E-state index in [4.69, 9.17) is 4.74 Å². The van der Waals surface area contributed by atoms with Crippen molar-refractivity contribution in [2.45, 2.75) is 18.7 Å². The van der Waals surface area contributed by atoms with Gasteiger partial charge in [-0.1, -0.05) is 6.07 Å². The normalized spacial score (nSPS) is 14.9. The summed E-state index contributed by atoms with van der Waals surface area (Å²) < 4.78 is 32.3. The van der Waals surface area contributed by atoms with Crippen LogP contribution in [-0.2, 0) is 19.6 Å². The van der Waals surface area contributed by atoms with Gasteiger partial charge < -0.3 is 15.4 Å². The maximum absolute atomic E-state index is 12.8. The number of ether oxygens (including phenoxy) is 1. The van der Waals surface area contributed by atoms with Crippen LogP contribution < -0.4 is 10.6 Å². The third-order valence-electron chi connectivity index (χ3n) is 4.84. The lowest BCUT2D eigenvalue weighted by atomic mass is 10.1. The van der Waals surface area contributed by atoms with Crippen LogP contribution in [0.15, 0.2) is 47.4 Å². The number of carbonyl (C=O) groups is 2. The van der Waals surface area contributed by atoms with Crippen LogP contribution >= 0.6 is 0 Å². The van der Waals surface area contributed by atoms with Crippen molar-refractivity contribution in [2.75, 3.05) is 43.5 Å². The average Bonchev–Trinajstić information content (AvgIpc) is 2.74. The van der Waals surface area contributed by atoms with Crippen LogP contribution in [0.2, 0.25) is 0 Å². The summed E-state index contributed by atoms with van der Waals surface area (Å²) in [4.78, 5) is 23.8. The van der Waals surface area contributed by atoms with Gasteiger partial charge in [-0.3, -0.25) is 9.59 Å². The Kier molecular flexibility index (Phi) is 6.86. The van der Waals surface area contributed by atoms with Crippen molar-refractivity contribution in [3.63, 3.8) is 0 Å². The van der Waals surface area contributed by atoms with Crippen molar-refractivity contribution in [2.24, 2.45) is 0 Å². The zero-order chi connectivity index (χ0) is 21.7. The highest BCUT2D eigenvalue weighted by atomic mass is 32.2. The molecule has 0 aromatic heterocycles. The second-order valence-electron chi connectivity index (χ2n) is 7.03. The van der Waals surface area contributed by atoms with Crippen molar-refractivity contribution in [1.82, 2.24) is 4.31 Å². The fourth-order valence-corrected chi connectivity index (χ4v) is 4.47. The molecule has 1 saturated heterocycles. The third-order valence-corrected chi connectivity index (χ3v) is 6.73. The van der Waals surface area contributed by atoms with E-state index in [0.29, 0.717) is 43.2 Å². The van der Waals surface area contributed by atoms with E-state index in [2.05, 4.69) is 10.6 Å². The molecule has 1 aliphatic heterocycles. The van der Waals surface area contributed by atoms with E-state index in [-0.39, 0.29) is 23.1 Å². The molecule has 0 aliphatic carbocycles. The Morgan fingerprint density at radius 2 is 1.73 bits per heavy atom. The molecular formula is C21H25N3O5S. The van der Waals surface area contributed by atoms with E-state index < -0.39 is 10.0 Å². The minimum Gasteiger partial charge on any atom is -0.379 e. The highest BCUT2D eigenvalue weighted by molar-refractivity contribution is 7.89. The summed E-state index contributed by atoms with van der Waals surface area (Å²) in [6, 6.07) is 11.5. The van der Waals surface area contributed by atoms with E-state index in [1.807, 2.05) is 0 Å². The Hall–Kier alpha value is -2.75. The highest BCUT2D eigenvalue weighted by Crippen LogP contribution is 2.23. The number of hydrogen-bond donors (Lipinski definition) is 2. The Balaban J connectivity index is 1.66. The van der Waals surface area contributed by atoms with Gasteiger partial charge in [-0.15, -0.1) is 0 Å². The van der Waals surface area contributed by atoms with Crippen LogP contribution in [0.5, 0.6) is 0 Å². The number of nitrogens with one attached hydrogen (secondary N) is 2. The fraction of sp³-hybridized carbons (Fsp3) is 0.333. The summed E-state index contributed by atoms with van der Waals surface area (Å²) >= 11 is 0. The standard InChI is InChI=1S/C21H25N3O5S/c1-15-3-8-19(30(27,28)24-9-11-29-12-10-24)13-20(15)23-21(26)14-22-18-6-4-17(5-7-18)16(2)25/h3-8,13,22H,9-12,14H2,1-2H3,(H,23,26). The number of amides is 1. The lowest BCUT2D eigenvalue weighted by molar-refractivity contribution is -0.114. The predicted octanol–water partition coefficient (Wildman–Crippen LogP) is 2.27. The number of Topliss-reactive ketones (excluding diaryl/α,β-unsaturated/α-hetero) is 1. The van der Waals surface area contributed by atoms with E-state index >= 15 is 0 Å². The minimum atomic E-state index is -3.64. The summed E-state index contributed by atoms with van der Waals surface area (Å²) in [6.45, 7) is 4.65. The maximum atomic E-state index is 12.8. The van der Waals surface area contributed by atoms with Gasteiger partial charge in [0.1, 0.15) is 0 Å². The first-order valence-electron chi connectivity index (χ1n) is 9.60. The largest absolute Gasteiger partial charge is 0.379 e. The first-order valence-corrected chi connectivity index (χ1v) is 11.0. The zero-order valence-electron chi connectivity index (χ0n) is 17.0. The van der Waals surface area contributed by atoms with Gasteiger partial charge in [0.2, 0.25) is 15.9 Å². The minimum absolute atomic E-state index is 0.000695. The van der Waals surface area contributed by atoms with Gasteiger partial charge in [-0.25, -0.2) is 8.42 Å². The van der Waals surface area contributed by atoms with Gasteiger partial charge in [0, 0.05) is 30.0 Å². The van der Waals surface area contributed by atoms with Gasteiger partial charge in [0.15, 0.2) is 5.78 Å². The summed E-state index contributed by atoms with van der Waals surface area (Å²) in [6.07, 6.45) is 0. The van der Waals surface area contributed by atoms with E-state index in [9.17, 15) is 18.0 Å². The van der Waals surface area contributed by atoms with Gasteiger partial charge in [-0.05, 0) is 55.8 Å². The number of hydrogen-bond acceptors (Lipinski definition) is 6. The molecule has 0 spiro atoms. The molecule has 160 valence electrons. The lowest BCUT2D eigenvalue weighted by Gasteiger charge is -2.26. The summed E-state index contributed by atoms with van der Waals surface area (Å²) in [5.41, 5.74) is 2.51. The SMILES string of the molecule is CC(=O)c1ccc(NCC(=O)Nc2cc(S(=O)(=O)N3CCOCC3)ccc2C)cc1. The number of carbonyl (C=O) groups excluding carboxylic acids is 2. The Bertz CT molecular complexity index is 1030. The maximum Gasteiger partial charge on any atom is 0.243 e. The predicted molar refractivity (Wildman–Crippen MR) is 114 cm³/mol. The molecule has 3 rings (SSSR count). The second kappa shape index (κ2) is 9.38. The number of rotatable bonds is 7. The smallest absolute Gasteiger partial charge is 0.243 e. The molecule has 0 saturated carbocycles. The number of anilines is 2. The number of aryl methyl sites for hydroxylation is 1. The van der Waals surface area contributed by atoms with E-state index in [1.165, 1.54) is 17.3 Å². The molecule has 0 unspecified atom stereocenters. The van der Waals surface area contributed by atoms with Crippen LogP contribution in [0.1, 0.15) is 22.8 Å². The van der Waals surface area contributed by atoms with Crippen molar-refractivity contribution in [1.29, 1.82) is 0 Å². The summed E-state index contributed by atoms with van der Waals surface area (Å²) in [7, 11) is -3.64. The first-order chi connectivity index (χ1) is 14.3. The van der Waals surface area contributed by atoms with Crippen molar-refractivity contribution < 1.29 is 22.7 Å². The first kappa shape index (κ1) is 21.9. The molecule has 2 aromatic rings. The molecule has 2 N–H and O–H groups in total. The number of sulfonamides is 1. The number of ketones is 1. The molecule has 1 aliphatic rings. The third kappa shape index (κ3) is 5.24. The van der Waals surface area contributed by atoms with E-state index in [1.54, 1.807) is 43.3 Å². The molecule has 0 bridgehead atoms. The Labute approximate surface area is 176 Å². The number of morpholine rings is 1. The summed E-state index contributed by atoms with van der Waals surface area (Å²) in [5.74, 6) is -0.337. The lowest BCUT2D eigenvalue weighted by Crippen LogP contribution is -2.40. The molecule has 0 atom stereocenters. The van der Waals surface area contributed by atoms with Crippen molar-refractivity contribution in [3.8, 4) is 0 Å². The summed E-state index contributed by atoms with van der Waals surface area (Å²) in [5, 5.41) is 5.75. The monoisotopic (exact) mass is 431 g/mol. The van der Waals surface area contributed by atoms with Gasteiger partial charge in [0.25, 0.3) is 0 Å². The number of benzene rings is 2. The van der Waals surface area contributed by atoms with Crippen LogP contribution in [0.3, 0.4) is 0 Å². The van der Waals surface area contributed by atoms with Crippen LogP contribution in [0.25, 0.3) is 0 Å². The number of nitrogens with zero attached hydrogens (tertiary/aromatic N) is 1. The van der Waals surface area contributed by atoms with Crippen LogP contribution in [0, 0.1) is 6.92 Å². The zero-order valence-corrected chi connectivity index (χ0v) is 17.8. The average molecular weight is 432 g/mol. The molecule has 9 heteroatoms. The van der Waals surface area contributed by atoms with Gasteiger partial charge in [0.05, 0.1) is 24.7 Å². The quantitative estimate of drug-likeness (QED) is 0.652.